The van der Waals surface area contributed by atoms with E-state index in [-0.39, 0.29) is 11.2 Å². The van der Waals surface area contributed by atoms with Gasteiger partial charge in [0.1, 0.15) is 10.4 Å². The lowest BCUT2D eigenvalue weighted by molar-refractivity contribution is 0.870. The summed E-state index contributed by atoms with van der Waals surface area (Å²) in [5.41, 5.74) is 0.245. The van der Waals surface area contributed by atoms with Crippen molar-refractivity contribution in [2.24, 2.45) is 0 Å². The van der Waals surface area contributed by atoms with Gasteiger partial charge in [-0.2, -0.15) is 0 Å². The van der Waals surface area contributed by atoms with Gasteiger partial charge in [0, 0.05) is 0 Å². The first-order valence-corrected chi connectivity index (χ1v) is 6.50. The van der Waals surface area contributed by atoms with Crippen LogP contribution in [0.1, 0.15) is 19.0 Å². The molecule has 19 heavy (non-hydrogen) atoms. The van der Waals surface area contributed by atoms with E-state index < -0.39 is 11.2 Å². The van der Waals surface area contributed by atoms with Crippen molar-refractivity contribution in [1.29, 1.82) is 0 Å². The number of aromatic nitrogens is 6. The molecule has 0 saturated carbocycles. The van der Waals surface area contributed by atoms with Gasteiger partial charge in [-0.3, -0.25) is 14.8 Å². The highest BCUT2D eigenvalue weighted by Crippen LogP contribution is 2.24. The molecular formula is C10H10N6O2S. The molecule has 98 valence electrons. The number of nitrogens with zero attached hydrogens (tertiary/aromatic N) is 3. The molecule has 0 aromatic carbocycles. The molecule has 0 atom stereocenters. The van der Waals surface area contributed by atoms with Crippen molar-refractivity contribution in [2.45, 2.75) is 19.8 Å². The van der Waals surface area contributed by atoms with Gasteiger partial charge >= 0.3 is 5.69 Å². The topological polar surface area (TPSA) is 120 Å². The van der Waals surface area contributed by atoms with Gasteiger partial charge in [0.05, 0.1) is 5.69 Å². The number of hydrogen-bond donors (Lipinski definition) is 3. The highest BCUT2D eigenvalue weighted by Gasteiger charge is 2.15. The number of aryl methyl sites for hydroxylation is 1. The molecule has 3 aromatic heterocycles. The molecule has 0 amide bonds. The maximum atomic E-state index is 11.6. The van der Waals surface area contributed by atoms with E-state index in [1.807, 2.05) is 6.92 Å². The molecule has 3 aromatic rings. The van der Waals surface area contributed by atoms with Crippen molar-refractivity contribution in [3.05, 3.63) is 26.5 Å². The Morgan fingerprint density at radius 3 is 2.84 bits per heavy atom. The third-order valence-electron chi connectivity index (χ3n) is 2.65. The van der Waals surface area contributed by atoms with Crippen molar-refractivity contribution < 1.29 is 0 Å². The summed E-state index contributed by atoms with van der Waals surface area (Å²) in [7, 11) is 0. The Labute approximate surface area is 110 Å². The van der Waals surface area contributed by atoms with E-state index in [4.69, 9.17) is 0 Å². The Morgan fingerprint density at radius 1 is 1.21 bits per heavy atom. The molecule has 0 spiro atoms. The number of imidazole rings is 1. The second kappa shape index (κ2) is 4.43. The Bertz CT molecular complexity index is 841. The van der Waals surface area contributed by atoms with Gasteiger partial charge in [0.2, 0.25) is 0 Å². The van der Waals surface area contributed by atoms with Gasteiger partial charge in [0.15, 0.2) is 11.5 Å². The van der Waals surface area contributed by atoms with Crippen LogP contribution in [0.2, 0.25) is 0 Å². The van der Waals surface area contributed by atoms with Crippen LogP contribution in [0.25, 0.3) is 21.9 Å². The first-order chi connectivity index (χ1) is 9.19. The molecule has 9 heteroatoms. The molecule has 3 N–H and O–H groups in total. The molecular weight excluding hydrogens is 268 g/mol. The van der Waals surface area contributed by atoms with Crippen molar-refractivity contribution in [2.75, 3.05) is 0 Å². The Hall–Kier alpha value is -2.29. The average molecular weight is 278 g/mol. The fraction of sp³-hybridized carbons (Fsp3) is 0.300. The van der Waals surface area contributed by atoms with E-state index in [1.165, 1.54) is 11.5 Å². The summed E-state index contributed by atoms with van der Waals surface area (Å²) < 4.78 is 3.90. The normalized spacial score (nSPS) is 11.2. The SMILES string of the molecule is CCCc1nnsc1-c1nc2[nH]c(=O)[nH]c(=O)c2[nH]1. The van der Waals surface area contributed by atoms with E-state index in [1.54, 1.807) is 0 Å². The quantitative estimate of drug-likeness (QED) is 0.641. The van der Waals surface area contributed by atoms with E-state index in [0.29, 0.717) is 5.82 Å². The number of rotatable bonds is 3. The Balaban J connectivity index is 2.21. The van der Waals surface area contributed by atoms with Crippen LogP contribution in [0.3, 0.4) is 0 Å². The average Bonchev–Trinajstić information content (AvgIpc) is 2.95. The summed E-state index contributed by atoms with van der Waals surface area (Å²) in [4.78, 5) is 35.3. The molecule has 0 aliphatic rings. The van der Waals surface area contributed by atoms with Crippen LogP contribution >= 0.6 is 11.5 Å². The van der Waals surface area contributed by atoms with Gasteiger partial charge in [-0.05, 0) is 18.0 Å². The lowest BCUT2D eigenvalue weighted by Crippen LogP contribution is -2.21. The molecule has 0 fully saturated rings. The smallest absolute Gasteiger partial charge is 0.327 e. The van der Waals surface area contributed by atoms with Gasteiger partial charge in [0.25, 0.3) is 5.56 Å². The molecule has 0 saturated heterocycles. The summed E-state index contributed by atoms with van der Waals surface area (Å²) >= 11 is 1.21. The summed E-state index contributed by atoms with van der Waals surface area (Å²) in [6, 6.07) is 0. The van der Waals surface area contributed by atoms with Gasteiger partial charge < -0.3 is 4.98 Å². The predicted octanol–water partition coefficient (Wildman–Crippen LogP) is 0.411. The summed E-state index contributed by atoms with van der Waals surface area (Å²) in [6.07, 6.45) is 1.73. The fourth-order valence-corrected chi connectivity index (χ4v) is 2.48. The molecule has 0 aliphatic heterocycles. The molecule has 3 rings (SSSR count). The zero-order valence-corrected chi connectivity index (χ0v) is 10.8. The third-order valence-corrected chi connectivity index (χ3v) is 3.42. The Kier molecular flexibility index (Phi) is 2.75. The standard InChI is InChI=1S/C10H10N6O2S/c1-2-3-4-6(19-16-15-4)8-11-5-7(12-8)13-10(18)14-9(5)17/h2-3H2,1H3,(H3,11,12,13,14,17,18). The van der Waals surface area contributed by atoms with Crippen LogP contribution in [0.5, 0.6) is 0 Å². The maximum absolute atomic E-state index is 11.6. The van der Waals surface area contributed by atoms with Crippen LogP contribution in [0, 0.1) is 0 Å². The van der Waals surface area contributed by atoms with Crippen molar-refractivity contribution in [3.63, 3.8) is 0 Å². The molecule has 0 bridgehead atoms. The van der Waals surface area contributed by atoms with Gasteiger partial charge in [-0.1, -0.05) is 17.8 Å². The lowest BCUT2D eigenvalue weighted by atomic mass is 10.2. The highest BCUT2D eigenvalue weighted by molar-refractivity contribution is 7.09. The van der Waals surface area contributed by atoms with Crippen molar-refractivity contribution in [3.8, 4) is 10.7 Å². The first kappa shape index (κ1) is 11.8. The summed E-state index contributed by atoms with van der Waals surface area (Å²) in [5, 5.41) is 4.04. The zero-order chi connectivity index (χ0) is 13.4. The molecule has 0 radical (unpaired) electrons. The van der Waals surface area contributed by atoms with Crippen LogP contribution in [0.4, 0.5) is 0 Å². The van der Waals surface area contributed by atoms with Crippen LogP contribution < -0.4 is 11.2 Å². The van der Waals surface area contributed by atoms with E-state index >= 15 is 0 Å². The molecule has 8 nitrogen and oxygen atoms in total. The van der Waals surface area contributed by atoms with Crippen molar-refractivity contribution in [1.82, 2.24) is 29.5 Å². The fourth-order valence-electron chi connectivity index (χ4n) is 1.83. The van der Waals surface area contributed by atoms with Crippen LogP contribution in [-0.2, 0) is 6.42 Å². The minimum Gasteiger partial charge on any atom is -0.331 e. The van der Waals surface area contributed by atoms with Crippen LogP contribution in [0.15, 0.2) is 9.59 Å². The lowest BCUT2D eigenvalue weighted by Gasteiger charge is -1.94. The highest BCUT2D eigenvalue weighted by atomic mass is 32.1. The van der Waals surface area contributed by atoms with E-state index in [2.05, 4.69) is 29.5 Å². The minimum absolute atomic E-state index is 0.236. The molecule has 3 heterocycles. The number of aromatic amines is 3. The van der Waals surface area contributed by atoms with Gasteiger partial charge in [-0.15, -0.1) is 5.10 Å². The number of fused-ring (bicyclic) bond motifs is 1. The Morgan fingerprint density at radius 2 is 2.05 bits per heavy atom. The summed E-state index contributed by atoms with van der Waals surface area (Å²) in [5.74, 6) is 0.501. The second-order valence-electron chi connectivity index (χ2n) is 4.02. The zero-order valence-electron chi connectivity index (χ0n) is 9.98. The molecule has 0 aliphatic carbocycles. The number of hydrogen-bond acceptors (Lipinski definition) is 6. The largest absolute Gasteiger partial charge is 0.331 e. The van der Waals surface area contributed by atoms with Crippen molar-refractivity contribution >= 4 is 22.7 Å². The van der Waals surface area contributed by atoms with E-state index in [0.717, 1.165) is 23.4 Å². The number of H-pyrrole nitrogens is 3. The minimum atomic E-state index is -0.577. The van der Waals surface area contributed by atoms with Gasteiger partial charge in [-0.25, -0.2) is 9.78 Å². The summed E-state index contributed by atoms with van der Waals surface area (Å²) in [6.45, 7) is 2.05. The van der Waals surface area contributed by atoms with E-state index in [9.17, 15) is 9.59 Å². The number of nitrogens with one attached hydrogen (secondary N) is 3. The van der Waals surface area contributed by atoms with Crippen LogP contribution in [-0.4, -0.2) is 29.5 Å². The molecule has 0 unspecified atom stereocenters. The monoisotopic (exact) mass is 278 g/mol. The maximum Gasteiger partial charge on any atom is 0.327 e. The first-order valence-electron chi connectivity index (χ1n) is 5.73. The third kappa shape index (κ3) is 1.97. The predicted molar refractivity (Wildman–Crippen MR) is 70.2 cm³/mol. The second-order valence-corrected chi connectivity index (χ2v) is 4.77.